The van der Waals surface area contributed by atoms with Gasteiger partial charge in [-0.25, -0.2) is 4.39 Å². The fourth-order valence-corrected chi connectivity index (χ4v) is 1.78. The largest absolute Gasteiger partial charge is 0.336 e. The van der Waals surface area contributed by atoms with Gasteiger partial charge in [0.15, 0.2) is 0 Å². The molecular weight excluding hydrogens is 193 g/mol. The lowest BCUT2D eigenvalue weighted by atomic mass is 10.1. The first-order chi connectivity index (χ1) is 7.16. The number of carbonyl (C=O) groups is 1. The van der Waals surface area contributed by atoms with Crippen LogP contribution in [0.1, 0.15) is 22.3 Å². The zero-order chi connectivity index (χ0) is 10.8. The zero-order valence-electron chi connectivity index (χ0n) is 8.74. The van der Waals surface area contributed by atoms with Crippen LogP contribution in [0.25, 0.3) is 0 Å². The Labute approximate surface area is 88.7 Å². The van der Waals surface area contributed by atoms with E-state index in [4.69, 9.17) is 0 Å². The van der Waals surface area contributed by atoms with Gasteiger partial charge in [-0.3, -0.25) is 4.79 Å². The van der Waals surface area contributed by atoms with Gasteiger partial charge in [-0.15, -0.1) is 0 Å². The summed E-state index contributed by atoms with van der Waals surface area (Å²) in [7, 11) is 0. The summed E-state index contributed by atoms with van der Waals surface area (Å²) in [6.45, 7) is 2.75. The fourth-order valence-electron chi connectivity index (χ4n) is 1.78. The van der Waals surface area contributed by atoms with E-state index in [1.54, 1.807) is 17.0 Å². The monoisotopic (exact) mass is 207 g/mol. The van der Waals surface area contributed by atoms with Crippen molar-refractivity contribution in [2.24, 2.45) is 0 Å². The molecule has 1 amide bonds. The Hall–Kier alpha value is -1.38. The molecule has 15 heavy (non-hydrogen) atoms. The zero-order valence-corrected chi connectivity index (χ0v) is 8.74. The molecular formula is C12H14FNO. The summed E-state index contributed by atoms with van der Waals surface area (Å²) in [6.07, 6.45) is -0.378. The van der Waals surface area contributed by atoms with Crippen LogP contribution in [-0.2, 0) is 0 Å². The third kappa shape index (κ3) is 2.17. The summed E-state index contributed by atoms with van der Waals surface area (Å²) in [6, 6.07) is 7.39. The van der Waals surface area contributed by atoms with Crippen molar-refractivity contribution in [3.8, 4) is 0 Å². The molecule has 0 bridgehead atoms. The summed E-state index contributed by atoms with van der Waals surface area (Å²) in [5.41, 5.74) is 1.77. The van der Waals surface area contributed by atoms with Gasteiger partial charge in [0.05, 0.1) is 6.54 Å². The quantitative estimate of drug-likeness (QED) is 0.691. The highest BCUT2D eigenvalue weighted by Crippen LogP contribution is 2.15. The predicted molar refractivity (Wildman–Crippen MR) is 56.6 cm³/mol. The van der Waals surface area contributed by atoms with Crippen molar-refractivity contribution in [2.45, 2.75) is 19.5 Å². The third-order valence-electron chi connectivity index (χ3n) is 2.72. The van der Waals surface area contributed by atoms with Crippen molar-refractivity contribution in [2.75, 3.05) is 13.1 Å². The summed E-state index contributed by atoms with van der Waals surface area (Å²) in [5.74, 6) is -0.0600. The molecule has 1 heterocycles. The standard InChI is InChI=1S/C12H14FNO/c1-9-2-4-10(5-3-9)12(15)14-7-6-11(13)8-14/h2-5,11H,6-8H2,1H3/t11-/m1/s1. The number of likely N-dealkylation sites (tertiary alicyclic amines) is 1. The Morgan fingerprint density at radius 2 is 2.07 bits per heavy atom. The van der Waals surface area contributed by atoms with E-state index < -0.39 is 6.17 Å². The summed E-state index contributed by atoms with van der Waals surface area (Å²) in [5, 5.41) is 0. The van der Waals surface area contributed by atoms with Gasteiger partial charge in [-0.05, 0) is 25.5 Å². The van der Waals surface area contributed by atoms with Crippen LogP contribution >= 0.6 is 0 Å². The Morgan fingerprint density at radius 1 is 1.40 bits per heavy atom. The number of alkyl halides is 1. The van der Waals surface area contributed by atoms with Crippen molar-refractivity contribution in [3.63, 3.8) is 0 Å². The van der Waals surface area contributed by atoms with Crippen molar-refractivity contribution in [1.82, 2.24) is 4.90 Å². The number of amides is 1. The van der Waals surface area contributed by atoms with Gasteiger partial charge < -0.3 is 4.90 Å². The molecule has 0 aromatic heterocycles. The normalized spacial score (nSPS) is 20.7. The first-order valence-electron chi connectivity index (χ1n) is 5.17. The molecule has 1 aromatic rings. The molecule has 0 aliphatic carbocycles. The number of halogens is 1. The van der Waals surface area contributed by atoms with Crippen molar-refractivity contribution in [1.29, 1.82) is 0 Å². The van der Waals surface area contributed by atoms with E-state index in [2.05, 4.69) is 0 Å². The van der Waals surface area contributed by atoms with E-state index in [9.17, 15) is 9.18 Å². The SMILES string of the molecule is Cc1ccc(C(=O)N2CC[C@@H](F)C2)cc1. The number of nitrogens with zero attached hydrogens (tertiary/aromatic N) is 1. The third-order valence-corrected chi connectivity index (χ3v) is 2.72. The molecule has 0 N–H and O–H groups in total. The smallest absolute Gasteiger partial charge is 0.253 e. The minimum Gasteiger partial charge on any atom is -0.336 e. The molecule has 80 valence electrons. The Balaban J connectivity index is 2.11. The molecule has 2 rings (SSSR count). The van der Waals surface area contributed by atoms with Crippen LogP contribution in [0.3, 0.4) is 0 Å². The van der Waals surface area contributed by atoms with Crippen molar-refractivity contribution < 1.29 is 9.18 Å². The van der Waals surface area contributed by atoms with Crippen LogP contribution in [0.4, 0.5) is 4.39 Å². The minimum atomic E-state index is -0.848. The minimum absolute atomic E-state index is 0.0600. The molecule has 1 aromatic carbocycles. The molecule has 1 aliphatic rings. The molecule has 0 spiro atoms. The molecule has 2 nitrogen and oxygen atoms in total. The summed E-state index contributed by atoms with van der Waals surface area (Å²) < 4.78 is 12.9. The van der Waals surface area contributed by atoms with E-state index in [0.29, 0.717) is 18.5 Å². The summed E-state index contributed by atoms with van der Waals surface area (Å²) in [4.78, 5) is 13.4. The topological polar surface area (TPSA) is 20.3 Å². The Kier molecular flexibility index (Phi) is 2.71. The van der Waals surface area contributed by atoms with Crippen LogP contribution < -0.4 is 0 Å². The van der Waals surface area contributed by atoms with Crippen LogP contribution in [0.5, 0.6) is 0 Å². The molecule has 1 fully saturated rings. The van der Waals surface area contributed by atoms with Gasteiger partial charge >= 0.3 is 0 Å². The van der Waals surface area contributed by atoms with Gasteiger partial charge in [0.25, 0.3) is 5.91 Å². The van der Waals surface area contributed by atoms with Crippen molar-refractivity contribution >= 4 is 5.91 Å². The maximum absolute atomic E-state index is 12.9. The number of carbonyl (C=O) groups excluding carboxylic acids is 1. The number of hydrogen-bond donors (Lipinski definition) is 0. The van der Waals surface area contributed by atoms with Gasteiger partial charge in [-0.1, -0.05) is 17.7 Å². The number of rotatable bonds is 1. The average Bonchev–Trinajstić information content (AvgIpc) is 2.65. The Morgan fingerprint density at radius 3 is 2.60 bits per heavy atom. The van der Waals surface area contributed by atoms with Gasteiger partial charge in [0.2, 0.25) is 0 Å². The molecule has 0 unspecified atom stereocenters. The highest BCUT2D eigenvalue weighted by Gasteiger charge is 2.26. The van der Waals surface area contributed by atoms with Crippen LogP contribution in [0.15, 0.2) is 24.3 Å². The van der Waals surface area contributed by atoms with Crippen LogP contribution in [0, 0.1) is 6.92 Å². The van der Waals surface area contributed by atoms with Gasteiger partial charge in [0.1, 0.15) is 6.17 Å². The lowest BCUT2D eigenvalue weighted by Crippen LogP contribution is -2.28. The first-order valence-corrected chi connectivity index (χ1v) is 5.17. The molecule has 1 aliphatic heterocycles. The first kappa shape index (κ1) is 10.1. The fraction of sp³-hybridized carbons (Fsp3) is 0.417. The van der Waals surface area contributed by atoms with Gasteiger partial charge in [-0.2, -0.15) is 0 Å². The highest BCUT2D eigenvalue weighted by atomic mass is 19.1. The van der Waals surface area contributed by atoms with Gasteiger partial charge in [0, 0.05) is 12.1 Å². The van der Waals surface area contributed by atoms with Crippen molar-refractivity contribution in [3.05, 3.63) is 35.4 Å². The van der Waals surface area contributed by atoms with E-state index in [0.717, 1.165) is 5.56 Å². The molecule has 0 saturated carbocycles. The van der Waals surface area contributed by atoms with Crippen LogP contribution in [0.2, 0.25) is 0 Å². The lowest BCUT2D eigenvalue weighted by Gasteiger charge is -2.15. The molecule has 3 heteroatoms. The predicted octanol–water partition coefficient (Wildman–Crippen LogP) is 2.18. The second kappa shape index (κ2) is 4.01. The van der Waals surface area contributed by atoms with E-state index in [1.165, 1.54) is 0 Å². The maximum atomic E-state index is 12.9. The second-order valence-corrected chi connectivity index (χ2v) is 4.00. The Bertz CT molecular complexity index is 360. The molecule has 1 saturated heterocycles. The van der Waals surface area contributed by atoms with E-state index in [-0.39, 0.29) is 12.5 Å². The highest BCUT2D eigenvalue weighted by molar-refractivity contribution is 5.94. The average molecular weight is 207 g/mol. The lowest BCUT2D eigenvalue weighted by molar-refractivity contribution is 0.0783. The van der Waals surface area contributed by atoms with Crippen LogP contribution in [-0.4, -0.2) is 30.1 Å². The van der Waals surface area contributed by atoms with E-state index >= 15 is 0 Å². The molecule has 0 radical (unpaired) electrons. The number of aryl methyl sites for hydroxylation is 1. The molecule has 1 atom stereocenters. The number of benzene rings is 1. The maximum Gasteiger partial charge on any atom is 0.253 e. The summed E-state index contributed by atoms with van der Waals surface area (Å²) >= 11 is 0. The van der Waals surface area contributed by atoms with E-state index in [1.807, 2.05) is 19.1 Å². The second-order valence-electron chi connectivity index (χ2n) is 4.00. The number of hydrogen-bond acceptors (Lipinski definition) is 1.